The number of hydrogen-bond donors (Lipinski definition) is 1. The van der Waals surface area contributed by atoms with Crippen molar-refractivity contribution in [2.45, 2.75) is 46.1 Å². The third-order valence-corrected chi connectivity index (χ3v) is 4.61. The van der Waals surface area contributed by atoms with Gasteiger partial charge in [0.2, 0.25) is 0 Å². The first-order chi connectivity index (χ1) is 8.65. The number of nitrogens with one attached hydrogen (secondary N) is 1. The zero-order chi connectivity index (χ0) is 13.0. The summed E-state index contributed by atoms with van der Waals surface area (Å²) in [7, 11) is 0. The molecule has 0 aliphatic carbocycles. The molecular formula is C15H30N2O. The molecule has 0 aromatic rings. The van der Waals surface area contributed by atoms with E-state index >= 15 is 0 Å². The molecule has 0 saturated carbocycles. The molecule has 1 N–H and O–H groups in total. The van der Waals surface area contributed by atoms with Gasteiger partial charge in [-0.2, -0.15) is 0 Å². The van der Waals surface area contributed by atoms with Gasteiger partial charge in [-0.1, -0.05) is 13.8 Å². The second-order valence-corrected chi connectivity index (χ2v) is 6.56. The molecule has 0 amide bonds. The quantitative estimate of drug-likeness (QED) is 0.813. The van der Waals surface area contributed by atoms with E-state index < -0.39 is 0 Å². The molecule has 0 radical (unpaired) electrons. The predicted octanol–water partition coefficient (Wildman–Crippen LogP) is 2.12. The summed E-state index contributed by atoms with van der Waals surface area (Å²) in [4.78, 5) is 2.69. The number of likely N-dealkylation sites (tertiary alicyclic amines) is 1. The molecule has 0 aromatic heterocycles. The van der Waals surface area contributed by atoms with Gasteiger partial charge in [-0.25, -0.2) is 0 Å². The van der Waals surface area contributed by atoms with Gasteiger partial charge in [-0.15, -0.1) is 0 Å². The molecule has 18 heavy (non-hydrogen) atoms. The third kappa shape index (κ3) is 3.46. The Kier molecular flexibility index (Phi) is 5.05. The maximum atomic E-state index is 5.79. The lowest BCUT2D eigenvalue weighted by Crippen LogP contribution is -2.49. The second kappa shape index (κ2) is 6.36. The van der Waals surface area contributed by atoms with Crippen LogP contribution in [-0.2, 0) is 4.74 Å². The maximum absolute atomic E-state index is 5.79. The van der Waals surface area contributed by atoms with Crippen LogP contribution in [0.25, 0.3) is 0 Å². The normalized spacial score (nSPS) is 38.2. The molecule has 3 atom stereocenters. The van der Waals surface area contributed by atoms with Gasteiger partial charge in [-0.05, 0) is 38.6 Å². The van der Waals surface area contributed by atoms with Crippen molar-refractivity contribution in [3.8, 4) is 0 Å². The first-order valence-electron chi connectivity index (χ1n) is 7.68. The Morgan fingerprint density at radius 2 is 2.22 bits per heavy atom. The van der Waals surface area contributed by atoms with Crippen LogP contribution < -0.4 is 5.32 Å². The van der Waals surface area contributed by atoms with Crippen LogP contribution in [0.3, 0.4) is 0 Å². The molecule has 3 nitrogen and oxygen atoms in total. The zero-order valence-electron chi connectivity index (χ0n) is 12.4. The second-order valence-electron chi connectivity index (χ2n) is 6.56. The predicted molar refractivity (Wildman–Crippen MR) is 75.8 cm³/mol. The van der Waals surface area contributed by atoms with Crippen LogP contribution in [0.15, 0.2) is 0 Å². The largest absolute Gasteiger partial charge is 0.381 e. The van der Waals surface area contributed by atoms with Gasteiger partial charge in [0, 0.05) is 37.7 Å². The average molecular weight is 254 g/mol. The highest BCUT2D eigenvalue weighted by molar-refractivity contribution is 4.91. The molecule has 3 heteroatoms. The molecule has 2 saturated heterocycles. The molecule has 2 aliphatic rings. The highest BCUT2D eigenvalue weighted by Gasteiger charge is 2.37. The van der Waals surface area contributed by atoms with Crippen LogP contribution in [0.5, 0.6) is 0 Å². The van der Waals surface area contributed by atoms with Crippen molar-refractivity contribution in [3.63, 3.8) is 0 Å². The van der Waals surface area contributed by atoms with E-state index in [1.165, 1.54) is 32.4 Å². The Morgan fingerprint density at radius 3 is 2.78 bits per heavy atom. The Balaban J connectivity index is 1.95. The number of hydrogen-bond acceptors (Lipinski definition) is 3. The lowest BCUT2D eigenvalue weighted by Gasteiger charge is -2.41. The van der Waals surface area contributed by atoms with Crippen LogP contribution in [0.2, 0.25) is 0 Å². The summed E-state index contributed by atoms with van der Waals surface area (Å²) in [5, 5.41) is 3.55. The van der Waals surface area contributed by atoms with E-state index in [1.807, 2.05) is 0 Å². The van der Waals surface area contributed by atoms with E-state index in [0.717, 1.165) is 38.3 Å². The van der Waals surface area contributed by atoms with Gasteiger partial charge in [0.1, 0.15) is 0 Å². The fourth-order valence-corrected chi connectivity index (χ4v) is 3.66. The standard InChI is InChI=1S/C15H30N2O/c1-4-16-10-15(6-5-7-18-12-15)11-17-9-13(2)8-14(17)3/h13-14,16H,4-12H2,1-3H3. The van der Waals surface area contributed by atoms with E-state index in [4.69, 9.17) is 4.74 Å². The summed E-state index contributed by atoms with van der Waals surface area (Å²) < 4.78 is 5.79. The van der Waals surface area contributed by atoms with Crippen LogP contribution >= 0.6 is 0 Å². The van der Waals surface area contributed by atoms with E-state index in [2.05, 4.69) is 31.0 Å². The minimum absolute atomic E-state index is 0.354. The topological polar surface area (TPSA) is 24.5 Å². The minimum atomic E-state index is 0.354. The van der Waals surface area contributed by atoms with Crippen LogP contribution in [0, 0.1) is 11.3 Å². The monoisotopic (exact) mass is 254 g/mol. The molecule has 2 heterocycles. The van der Waals surface area contributed by atoms with Gasteiger partial charge in [0.05, 0.1) is 6.61 Å². The fourth-order valence-electron chi connectivity index (χ4n) is 3.66. The lowest BCUT2D eigenvalue weighted by molar-refractivity contribution is -0.0273. The molecule has 0 aromatic carbocycles. The SMILES string of the molecule is CCNCC1(CN2CC(C)CC2C)CCCOC1. The van der Waals surface area contributed by atoms with E-state index in [0.29, 0.717) is 5.41 Å². The number of ether oxygens (including phenoxy) is 1. The lowest BCUT2D eigenvalue weighted by atomic mass is 9.81. The third-order valence-electron chi connectivity index (χ3n) is 4.61. The van der Waals surface area contributed by atoms with Crippen molar-refractivity contribution >= 4 is 0 Å². The fraction of sp³-hybridized carbons (Fsp3) is 1.00. The molecule has 0 bridgehead atoms. The molecule has 2 rings (SSSR count). The van der Waals surface area contributed by atoms with Crippen molar-refractivity contribution in [2.24, 2.45) is 11.3 Å². The highest BCUT2D eigenvalue weighted by atomic mass is 16.5. The zero-order valence-corrected chi connectivity index (χ0v) is 12.4. The highest BCUT2D eigenvalue weighted by Crippen LogP contribution is 2.33. The first-order valence-corrected chi connectivity index (χ1v) is 7.68. The smallest absolute Gasteiger partial charge is 0.0546 e. The van der Waals surface area contributed by atoms with Gasteiger partial charge >= 0.3 is 0 Å². The number of rotatable bonds is 5. The number of nitrogens with zero attached hydrogens (tertiary/aromatic N) is 1. The van der Waals surface area contributed by atoms with Gasteiger partial charge < -0.3 is 10.1 Å². The molecular weight excluding hydrogens is 224 g/mol. The van der Waals surface area contributed by atoms with E-state index in [-0.39, 0.29) is 0 Å². The summed E-state index contributed by atoms with van der Waals surface area (Å²) in [6.07, 6.45) is 3.90. The molecule has 0 spiro atoms. The molecule has 2 aliphatic heterocycles. The van der Waals surface area contributed by atoms with Crippen molar-refractivity contribution in [3.05, 3.63) is 0 Å². The van der Waals surface area contributed by atoms with Gasteiger partial charge in [-0.3, -0.25) is 4.90 Å². The Morgan fingerprint density at radius 1 is 1.39 bits per heavy atom. The van der Waals surface area contributed by atoms with Crippen molar-refractivity contribution in [1.82, 2.24) is 10.2 Å². The average Bonchev–Trinajstić information content (AvgIpc) is 2.66. The molecule has 2 fully saturated rings. The van der Waals surface area contributed by atoms with Crippen molar-refractivity contribution < 1.29 is 4.74 Å². The van der Waals surface area contributed by atoms with Crippen molar-refractivity contribution in [2.75, 3.05) is 39.4 Å². The minimum Gasteiger partial charge on any atom is -0.381 e. The van der Waals surface area contributed by atoms with Crippen LogP contribution in [0.4, 0.5) is 0 Å². The maximum Gasteiger partial charge on any atom is 0.0546 e. The van der Waals surface area contributed by atoms with E-state index in [9.17, 15) is 0 Å². The Hall–Kier alpha value is -0.120. The summed E-state index contributed by atoms with van der Waals surface area (Å²) in [5.41, 5.74) is 0.354. The van der Waals surface area contributed by atoms with Crippen LogP contribution in [0.1, 0.15) is 40.0 Å². The van der Waals surface area contributed by atoms with Crippen LogP contribution in [-0.4, -0.2) is 50.3 Å². The Bertz CT molecular complexity index is 251. The summed E-state index contributed by atoms with van der Waals surface area (Å²) in [6, 6.07) is 0.750. The first kappa shape index (κ1) is 14.3. The molecule has 106 valence electrons. The summed E-state index contributed by atoms with van der Waals surface area (Å²) in [5.74, 6) is 0.862. The van der Waals surface area contributed by atoms with E-state index in [1.54, 1.807) is 0 Å². The van der Waals surface area contributed by atoms with Crippen molar-refractivity contribution in [1.29, 1.82) is 0 Å². The van der Waals surface area contributed by atoms with Gasteiger partial charge in [0.15, 0.2) is 0 Å². The Labute approximate surface area is 112 Å². The van der Waals surface area contributed by atoms with Gasteiger partial charge in [0.25, 0.3) is 0 Å². The summed E-state index contributed by atoms with van der Waals surface area (Å²) >= 11 is 0. The summed E-state index contributed by atoms with van der Waals surface area (Å²) in [6.45, 7) is 13.5. The molecule has 3 unspecified atom stereocenters.